The number of para-hydroxylation sites is 1. The van der Waals surface area contributed by atoms with E-state index < -0.39 is 0 Å². The molecule has 0 atom stereocenters. The maximum atomic E-state index is 10.3. The molecular weight excluding hydrogens is 352 g/mol. The van der Waals surface area contributed by atoms with Gasteiger partial charge in [0.15, 0.2) is 0 Å². The number of benzene rings is 2. The van der Waals surface area contributed by atoms with E-state index >= 15 is 0 Å². The van der Waals surface area contributed by atoms with Crippen LogP contribution in [-0.4, -0.2) is 28.9 Å². The molecule has 1 fully saturated rings. The molecule has 4 rings (SSSR count). The summed E-state index contributed by atoms with van der Waals surface area (Å²) in [5.41, 5.74) is 3.91. The maximum absolute atomic E-state index is 10.3. The van der Waals surface area contributed by atoms with E-state index in [1.165, 1.54) is 23.3 Å². The van der Waals surface area contributed by atoms with Crippen molar-refractivity contribution in [1.29, 1.82) is 0 Å². The quantitative estimate of drug-likeness (QED) is 0.568. The second-order valence-corrected chi connectivity index (χ2v) is 8.11. The van der Waals surface area contributed by atoms with Crippen LogP contribution in [0.15, 0.2) is 65.6 Å². The van der Waals surface area contributed by atoms with Gasteiger partial charge in [-0.2, -0.15) is 0 Å². The minimum Gasteiger partial charge on any atom is -0.507 e. The van der Waals surface area contributed by atoms with Crippen LogP contribution in [0, 0.1) is 0 Å². The Morgan fingerprint density at radius 1 is 0.963 bits per heavy atom. The van der Waals surface area contributed by atoms with Crippen molar-refractivity contribution in [2.24, 2.45) is 0 Å². The lowest BCUT2D eigenvalue weighted by molar-refractivity contribution is 0.477. The Hall–Kier alpha value is -2.46. The van der Waals surface area contributed by atoms with Crippen molar-refractivity contribution in [3.8, 4) is 28.1 Å². The Bertz CT molecular complexity index is 918. The van der Waals surface area contributed by atoms with E-state index in [1.54, 1.807) is 6.07 Å². The molecule has 1 saturated heterocycles. The fraction of sp³-hybridized carbons (Fsp3) is 0.261. The first-order chi connectivity index (χ1) is 13.2. The molecule has 1 aromatic heterocycles. The molecule has 0 unspecified atom stereocenters. The molecule has 0 amide bonds. The average molecular weight is 377 g/mol. The zero-order chi connectivity index (χ0) is 18.6. The molecule has 4 heteroatoms. The molecule has 0 bridgehead atoms. The van der Waals surface area contributed by atoms with Crippen molar-refractivity contribution in [2.45, 2.75) is 24.7 Å². The predicted molar refractivity (Wildman–Crippen MR) is 115 cm³/mol. The molecule has 0 saturated carbocycles. The van der Waals surface area contributed by atoms with Crippen LogP contribution in [0.2, 0.25) is 0 Å². The monoisotopic (exact) mass is 376 g/mol. The summed E-state index contributed by atoms with van der Waals surface area (Å²) in [5, 5.41) is 10.3. The van der Waals surface area contributed by atoms with Gasteiger partial charge >= 0.3 is 0 Å². The van der Waals surface area contributed by atoms with Crippen molar-refractivity contribution in [3.05, 3.63) is 60.7 Å². The lowest BCUT2D eigenvalue weighted by Crippen LogP contribution is -2.19. The van der Waals surface area contributed by atoms with Crippen LogP contribution in [-0.2, 0) is 0 Å². The summed E-state index contributed by atoms with van der Waals surface area (Å²) in [5.74, 6) is 2.34. The zero-order valence-electron chi connectivity index (χ0n) is 15.6. The number of rotatable bonds is 5. The number of nitrogens with zero attached hydrogens (tertiary/aromatic N) is 2. The average Bonchev–Trinajstić information content (AvgIpc) is 3.24. The van der Waals surface area contributed by atoms with Gasteiger partial charge in [0.25, 0.3) is 0 Å². The highest BCUT2D eigenvalue weighted by atomic mass is 32.2. The molecule has 27 heavy (non-hydrogen) atoms. The Morgan fingerprint density at radius 2 is 1.70 bits per heavy atom. The van der Waals surface area contributed by atoms with Crippen LogP contribution in [0.5, 0.6) is 5.75 Å². The summed E-state index contributed by atoms with van der Waals surface area (Å²) in [6.07, 6.45) is 2.42. The molecule has 2 aromatic carbocycles. The van der Waals surface area contributed by atoms with Crippen molar-refractivity contribution in [1.82, 2.24) is 4.98 Å². The first-order valence-corrected chi connectivity index (χ1v) is 10.5. The molecule has 1 aliphatic rings. The van der Waals surface area contributed by atoms with Gasteiger partial charge in [-0.3, -0.25) is 0 Å². The van der Waals surface area contributed by atoms with Gasteiger partial charge in [-0.1, -0.05) is 31.2 Å². The molecule has 1 N–H and O–H groups in total. The Labute approximate surface area is 165 Å². The molecule has 138 valence electrons. The maximum Gasteiger partial charge on any atom is 0.129 e. The van der Waals surface area contributed by atoms with Crippen LogP contribution in [0.3, 0.4) is 0 Å². The fourth-order valence-corrected chi connectivity index (χ4v) is 4.19. The van der Waals surface area contributed by atoms with Gasteiger partial charge in [-0.15, -0.1) is 11.8 Å². The molecule has 0 radical (unpaired) electrons. The summed E-state index contributed by atoms with van der Waals surface area (Å²) in [7, 11) is 0. The lowest BCUT2D eigenvalue weighted by atomic mass is 10.0. The standard InChI is InChI=1S/C23H24N2OS/c1-2-27-19-11-9-17(10-12-19)18-15-21(20-7-3-4-8-22(20)26)24-23(16-18)25-13-5-6-14-25/h3-4,7-12,15-16,26H,2,5-6,13-14H2,1H3. The van der Waals surface area contributed by atoms with Crippen LogP contribution < -0.4 is 4.90 Å². The van der Waals surface area contributed by atoms with E-state index in [0.717, 1.165) is 41.5 Å². The number of anilines is 1. The number of phenolic OH excluding ortho intramolecular Hbond substituents is 1. The van der Waals surface area contributed by atoms with E-state index in [9.17, 15) is 5.11 Å². The number of hydrogen-bond acceptors (Lipinski definition) is 4. The number of thioether (sulfide) groups is 1. The van der Waals surface area contributed by atoms with Crippen molar-refractivity contribution < 1.29 is 5.11 Å². The van der Waals surface area contributed by atoms with Gasteiger partial charge in [0, 0.05) is 23.5 Å². The van der Waals surface area contributed by atoms with Crippen LogP contribution in [0.1, 0.15) is 19.8 Å². The summed E-state index contributed by atoms with van der Waals surface area (Å²) >= 11 is 1.85. The number of aromatic hydroxyl groups is 1. The van der Waals surface area contributed by atoms with E-state index in [-0.39, 0.29) is 5.75 Å². The van der Waals surface area contributed by atoms with Crippen molar-refractivity contribution in [2.75, 3.05) is 23.7 Å². The van der Waals surface area contributed by atoms with Crippen LogP contribution >= 0.6 is 11.8 Å². The number of aromatic nitrogens is 1. The van der Waals surface area contributed by atoms with E-state index in [1.807, 2.05) is 30.0 Å². The third-order valence-corrected chi connectivity index (χ3v) is 5.81. The highest BCUT2D eigenvalue weighted by Gasteiger charge is 2.17. The Morgan fingerprint density at radius 3 is 2.41 bits per heavy atom. The first kappa shape index (κ1) is 17.9. The van der Waals surface area contributed by atoms with Gasteiger partial charge in [-0.25, -0.2) is 4.98 Å². The summed E-state index contributed by atoms with van der Waals surface area (Å²) < 4.78 is 0. The minimum absolute atomic E-state index is 0.268. The fourth-order valence-electron chi connectivity index (χ4n) is 3.53. The first-order valence-electron chi connectivity index (χ1n) is 9.53. The summed E-state index contributed by atoms with van der Waals surface area (Å²) in [4.78, 5) is 8.51. The number of phenols is 1. The summed E-state index contributed by atoms with van der Waals surface area (Å²) in [6, 6.07) is 20.4. The van der Waals surface area contributed by atoms with Gasteiger partial charge in [0.05, 0.1) is 5.69 Å². The third-order valence-electron chi connectivity index (χ3n) is 4.92. The van der Waals surface area contributed by atoms with E-state index in [4.69, 9.17) is 4.98 Å². The van der Waals surface area contributed by atoms with Crippen molar-refractivity contribution in [3.63, 3.8) is 0 Å². The van der Waals surface area contributed by atoms with Gasteiger partial charge in [0.1, 0.15) is 11.6 Å². The SMILES string of the molecule is CCSc1ccc(-c2cc(-c3ccccc3O)nc(N3CCCC3)c2)cc1. The summed E-state index contributed by atoms with van der Waals surface area (Å²) in [6.45, 7) is 4.26. The molecule has 0 spiro atoms. The van der Waals surface area contributed by atoms with E-state index in [2.05, 4.69) is 48.2 Å². The second-order valence-electron chi connectivity index (χ2n) is 6.77. The topological polar surface area (TPSA) is 36.4 Å². The Balaban J connectivity index is 1.79. The molecule has 2 heterocycles. The Kier molecular flexibility index (Phi) is 5.35. The molecule has 0 aliphatic carbocycles. The highest BCUT2D eigenvalue weighted by Crippen LogP contribution is 2.34. The van der Waals surface area contributed by atoms with E-state index in [0.29, 0.717) is 0 Å². The number of pyridine rings is 1. The number of hydrogen-bond donors (Lipinski definition) is 1. The van der Waals surface area contributed by atoms with Gasteiger partial charge in [0.2, 0.25) is 0 Å². The molecule has 1 aliphatic heterocycles. The second kappa shape index (κ2) is 8.05. The van der Waals surface area contributed by atoms with Crippen LogP contribution in [0.4, 0.5) is 5.82 Å². The molecule has 3 nitrogen and oxygen atoms in total. The van der Waals surface area contributed by atoms with Crippen LogP contribution in [0.25, 0.3) is 22.4 Å². The zero-order valence-corrected chi connectivity index (χ0v) is 16.4. The molecule has 3 aromatic rings. The third kappa shape index (κ3) is 3.96. The lowest BCUT2D eigenvalue weighted by Gasteiger charge is -2.19. The van der Waals surface area contributed by atoms with Gasteiger partial charge < -0.3 is 10.0 Å². The largest absolute Gasteiger partial charge is 0.507 e. The highest BCUT2D eigenvalue weighted by molar-refractivity contribution is 7.99. The van der Waals surface area contributed by atoms with Gasteiger partial charge in [-0.05, 0) is 66.1 Å². The normalized spacial score (nSPS) is 13.9. The minimum atomic E-state index is 0.268. The van der Waals surface area contributed by atoms with Crippen molar-refractivity contribution >= 4 is 17.6 Å². The molecular formula is C23H24N2OS. The predicted octanol–water partition coefficient (Wildman–Crippen LogP) is 5.83. The smallest absolute Gasteiger partial charge is 0.129 e.